The number of epoxide rings is 1. The quantitative estimate of drug-likeness (QED) is 0.573. The van der Waals surface area contributed by atoms with Crippen molar-refractivity contribution in [1.82, 2.24) is 10.6 Å². The molecule has 1 saturated heterocycles. The van der Waals surface area contributed by atoms with Gasteiger partial charge in [-0.05, 0) is 18.8 Å². The number of primary amides is 1. The molecule has 2 amide bonds. The lowest BCUT2D eigenvalue weighted by Gasteiger charge is -2.18. The van der Waals surface area contributed by atoms with Crippen LogP contribution in [0.5, 0.6) is 0 Å². The topological polar surface area (TPSA) is 96.8 Å². The Kier molecular flexibility index (Phi) is 5.31. The molecule has 19 heavy (non-hydrogen) atoms. The van der Waals surface area contributed by atoms with Crippen LogP contribution in [0.3, 0.4) is 0 Å². The number of carbonyl (C=O) groups excluding carboxylic acids is 2. The lowest BCUT2D eigenvalue weighted by molar-refractivity contribution is -0.123. The van der Waals surface area contributed by atoms with E-state index in [0.29, 0.717) is 13.0 Å². The van der Waals surface area contributed by atoms with Gasteiger partial charge in [-0.25, -0.2) is 0 Å². The minimum atomic E-state index is -0.440. The Labute approximate surface area is 114 Å². The molecular formula is C13H25N3O3. The molecule has 1 aliphatic rings. The third kappa shape index (κ3) is 5.16. The average molecular weight is 271 g/mol. The molecule has 3 unspecified atom stereocenters. The Bertz CT molecular complexity index is 339. The molecule has 0 aliphatic carbocycles. The second kappa shape index (κ2) is 6.34. The molecule has 1 aliphatic heterocycles. The van der Waals surface area contributed by atoms with Crippen LogP contribution in [0.15, 0.2) is 0 Å². The molecule has 1 rings (SSSR count). The Morgan fingerprint density at radius 1 is 1.37 bits per heavy atom. The molecule has 6 heteroatoms. The second-order valence-corrected chi connectivity index (χ2v) is 5.96. The number of ether oxygens (including phenoxy) is 1. The maximum absolute atomic E-state index is 11.9. The van der Waals surface area contributed by atoms with Crippen LogP contribution in [0.4, 0.5) is 0 Å². The standard InChI is InChI=1S/C13H25N3O3/c1-5-15-11(18)8(6-7-9(14)17)16-12-10(19-12)13(2,3)4/h8,10,12,16H,5-7H2,1-4H3,(H2,14,17)(H,15,18). The number of hydrogen-bond acceptors (Lipinski definition) is 4. The normalized spacial score (nSPS) is 23.8. The van der Waals surface area contributed by atoms with Crippen molar-refractivity contribution in [3.63, 3.8) is 0 Å². The zero-order valence-corrected chi connectivity index (χ0v) is 12.2. The third-order valence-corrected chi connectivity index (χ3v) is 3.06. The summed E-state index contributed by atoms with van der Waals surface area (Å²) in [4.78, 5) is 22.7. The van der Waals surface area contributed by atoms with Gasteiger partial charge < -0.3 is 15.8 Å². The van der Waals surface area contributed by atoms with Crippen molar-refractivity contribution >= 4 is 11.8 Å². The van der Waals surface area contributed by atoms with E-state index in [4.69, 9.17) is 10.5 Å². The first kappa shape index (κ1) is 15.9. The van der Waals surface area contributed by atoms with E-state index in [9.17, 15) is 9.59 Å². The summed E-state index contributed by atoms with van der Waals surface area (Å²) in [5.41, 5.74) is 5.16. The Morgan fingerprint density at radius 2 is 2.00 bits per heavy atom. The van der Waals surface area contributed by atoms with Crippen molar-refractivity contribution in [1.29, 1.82) is 0 Å². The van der Waals surface area contributed by atoms with Crippen molar-refractivity contribution in [3.05, 3.63) is 0 Å². The lowest BCUT2D eigenvalue weighted by Crippen LogP contribution is -2.46. The van der Waals surface area contributed by atoms with Crippen LogP contribution in [0.1, 0.15) is 40.5 Å². The van der Waals surface area contributed by atoms with Crippen LogP contribution >= 0.6 is 0 Å². The molecule has 110 valence electrons. The van der Waals surface area contributed by atoms with Gasteiger partial charge in [-0.15, -0.1) is 0 Å². The highest BCUT2D eigenvalue weighted by molar-refractivity contribution is 5.82. The zero-order valence-electron chi connectivity index (χ0n) is 12.2. The van der Waals surface area contributed by atoms with Crippen molar-refractivity contribution in [2.24, 2.45) is 11.1 Å². The van der Waals surface area contributed by atoms with E-state index >= 15 is 0 Å². The molecule has 0 aromatic carbocycles. The summed E-state index contributed by atoms with van der Waals surface area (Å²) in [6, 6.07) is -0.440. The molecule has 1 fully saturated rings. The van der Waals surface area contributed by atoms with Crippen LogP contribution in [0.25, 0.3) is 0 Å². The van der Waals surface area contributed by atoms with Crippen molar-refractivity contribution in [2.45, 2.75) is 58.9 Å². The fraction of sp³-hybridized carbons (Fsp3) is 0.846. The first-order chi connectivity index (χ1) is 8.75. The number of rotatable bonds is 7. The minimum absolute atomic E-state index is 0.0349. The van der Waals surface area contributed by atoms with Gasteiger partial charge in [-0.2, -0.15) is 0 Å². The number of hydrogen-bond donors (Lipinski definition) is 3. The van der Waals surface area contributed by atoms with Gasteiger partial charge in [0.15, 0.2) is 0 Å². The lowest BCUT2D eigenvalue weighted by atomic mass is 9.91. The van der Waals surface area contributed by atoms with Crippen LogP contribution < -0.4 is 16.4 Å². The maximum Gasteiger partial charge on any atom is 0.237 e. The van der Waals surface area contributed by atoms with Gasteiger partial charge in [0.05, 0.1) is 6.04 Å². The molecule has 0 aromatic heterocycles. The fourth-order valence-corrected chi connectivity index (χ4v) is 1.97. The summed E-state index contributed by atoms with van der Waals surface area (Å²) in [5.74, 6) is -0.521. The van der Waals surface area contributed by atoms with Gasteiger partial charge in [0, 0.05) is 13.0 Å². The summed E-state index contributed by atoms with van der Waals surface area (Å²) in [7, 11) is 0. The minimum Gasteiger partial charge on any atom is -0.370 e. The molecule has 6 nitrogen and oxygen atoms in total. The number of carbonyl (C=O) groups is 2. The van der Waals surface area contributed by atoms with Gasteiger partial charge in [-0.3, -0.25) is 14.9 Å². The largest absolute Gasteiger partial charge is 0.370 e. The van der Waals surface area contributed by atoms with E-state index in [0.717, 1.165) is 0 Å². The molecule has 3 atom stereocenters. The Hall–Kier alpha value is -1.14. The van der Waals surface area contributed by atoms with Gasteiger partial charge in [0.1, 0.15) is 12.3 Å². The molecule has 4 N–H and O–H groups in total. The van der Waals surface area contributed by atoms with Gasteiger partial charge in [-0.1, -0.05) is 20.8 Å². The predicted octanol–water partition coefficient (Wildman–Crippen LogP) is 0.117. The number of nitrogens with two attached hydrogens (primary N) is 1. The monoisotopic (exact) mass is 271 g/mol. The summed E-state index contributed by atoms with van der Waals surface area (Å²) in [6.45, 7) is 8.67. The smallest absolute Gasteiger partial charge is 0.237 e. The van der Waals surface area contributed by atoms with Crippen molar-refractivity contribution in [2.75, 3.05) is 6.54 Å². The highest BCUT2D eigenvalue weighted by Crippen LogP contribution is 2.36. The second-order valence-electron chi connectivity index (χ2n) is 5.96. The van der Waals surface area contributed by atoms with E-state index in [2.05, 4.69) is 31.4 Å². The zero-order chi connectivity index (χ0) is 14.6. The third-order valence-electron chi connectivity index (χ3n) is 3.06. The highest BCUT2D eigenvalue weighted by Gasteiger charge is 2.48. The first-order valence-corrected chi connectivity index (χ1v) is 6.73. The van der Waals surface area contributed by atoms with Crippen LogP contribution in [0, 0.1) is 5.41 Å². The summed E-state index contributed by atoms with van der Waals surface area (Å²) < 4.78 is 5.54. The molecule has 0 aromatic rings. The van der Waals surface area contributed by atoms with E-state index in [1.807, 2.05) is 6.92 Å². The number of amides is 2. The van der Waals surface area contributed by atoms with Crippen molar-refractivity contribution < 1.29 is 14.3 Å². The summed E-state index contributed by atoms with van der Waals surface area (Å²) >= 11 is 0. The first-order valence-electron chi connectivity index (χ1n) is 6.73. The Morgan fingerprint density at radius 3 is 2.42 bits per heavy atom. The van der Waals surface area contributed by atoms with E-state index in [-0.39, 0.29) is 30.1 Å². The molecule has 0 saturated carbocycles. The molecule has 1 heterocycles. The molecule has 0 bridgehead atoms. The summed E-state index contributed by atoms with van der Waals surface area (Å²) in [5, 5.41) is 5.89. The van der Waals surface area contributed by atoms with Gasteiger partial charge in [0.25, 0.3) is 0 Å². The predicted molar refractivity (Wildman–Crippen MR) is 72.2 cm³/mol. The van der Waals surface area contributed by atoms with Gasteiger partial charge >= 0.3 is 0 Å². The number of nitrogens with one attached hydrogen (secondary N) is 2. The molecule has 0 radical (unpaired) electrons. The number of likely N-dealkylation sites (N-methyl/N-ethyl adjacent to an activating group) is 1. The maximum atomic E-state index is 11.9. The van der Waals surface area contributed by atoms with E-state index in [1.54, 1.807) is 0 Å². The van der Waals surface area contributed by atoms with Crippen LogP contribution in [-0.4, -0.2) is 36.7 Å². The Balaban J connectivity index is 2.51. The van der Waals surface area contributed by atoms with Crippen LogP contribution in [0.2, 0.25) is 0 Å². The average Bonchev–Trinajstić information content (AvgIpc) is 3.03. The van der Waals surface area contributed by atoms with E-state index in [1.165, 1.54) is 0 Å². The fourth-order valence-electron chi connectivity index (χ4n) is 1.97. The molecular weight excluding hydrogens is 246 g/mol. The van der Waals surface area contributed by atoms with Crippen molar-refractivity contribution in [3.8, 4) is 0 Å². The summed E-state index contributed by atoms with van der Waals surface area (Å²) in [6.07, 6.45) is 0.540. The van der Waals surface area contributed by atoms with Gasteiger partial charge in [0.2, 0.25) is 11.8 Å². The van der Waals surface area contributed by atoms with Crippen LogP contribution in [-0.2, 0) is 14.3 Å². The SMILES string of the molecule is CCNC(=O)C(CCC(N)=O)NC1OC1C(C)(C)C. The molecule has 0 spiro atoms. The van der Waals surface area contributed by atoms with E-state index < -0.39 is 11.9 Å². The highest BCUT2D eigenvalue weighted by atomic mass is 16.6.